The maximum atomic E-state index is 11.8. The number of ether oxygens (including phenoxy) is 2. The van der Waals surface area contributed by atoms with Crippen LogP contribution >= 0.6 is 0 Å². The van der Waals surface area contributed by atoms with Gasteiger partial charge in [-0.1, -0.05) is 5.16 Å². The molecule has 0 aliphatic heterocycles. The van der Waals surface area contributed by atoms with Gasteiger partial charge >= 0.3 is 12.1 Å². The van der Waals surface area contributed by atoms with E-state index >= 15 is 0 Å². The van der Waals surface area contributed by atoms with Gasteiger partial charge in [-0.15, -0.1) is 0 Å². The lowest BCUT2D eigenvalue weighted by molar-refractivity contribution is -0.153. The Morgan fingerprint density at radius 2 is 2.25 bits per heavy atom. The Bertz CT molecular complexity index is 360. The standard InChI is InChI=1S/C8H8F3NO4/c1-2-14-7(13)6-5(3-16-12-6)15-4-8(9,10)11/h3H,2,4H2,1H3. The first-order valence-corrected chi connectivity index (χ1v) is 4.25. The molecule has 0 aromatic carbocycles. The maximum Gasteiger partial charge on any atom is 0.422 e. The van der Waals surface area contributed by atoms with Gasteiger partial charge in [0, 0.05) is 0 Å². The minimum absolute atomic E-state index is 0.0738. The summed E-state index contributed by atoms with van der Waals surface area (Å²) in [6.45, 7) is 0.0965. The zero-order valence-electron chi connectivity index (χ0n) is 8.21. The van der Waals surface area contributed by atoms with Gasteiger partial charge in [0.2, 0.25) is 5.69 Å². The molecule has 0 fully saturated rings. The second-order valence-corrected chi connectivity index (χ2v) is 2.65. The Balaban J connectivity index is 2.67. The van der Waals surface area contributed by atoms with E-state index in [0.717, 1.165) is 6.26 Å². The van der Waals surface area contributed by atoms with Crippen LogP contribution in [0.2, 0.25) is 0 Å². The van der Waals surface area contributed by atoms with Gasteiger partial charge in [0.15, 0.2) is 18.6 Å². The molecule has 0 aliphatic carbocycles. The molecule has 5 nitrogen and oxygen atoms in total. The van der Waals surface area contributed by atoms with Crippen LogP contribution in [-0.4, -0.2) is 30.5 Å². The van der Waals surface area contributed by atoms with Crippen LogP contribution in [0, 0.1) is 0 Å². The lowest BCUT2D eigenvalue weighted by atomic mass is 10.4. The maximum absolute atomic E-state index is 11.8. The molecule has 0 spiro atoms. The SMILES string of the molecule is CCOC(=O)c1nocc1OCC(F)(F)F. The van der Waals surface area contributed by atoms with Crippen molar-refractivity contribution in [1.82, 2.24) is 5.16 Å². The molecule has 1 rings (SSSR count). The molecule has 90 valence electrons. The highest BCUT2D eigenvalue weighted by Crippen LogP contribution is 2.21. The van der Waals surface area contributed by atoms with E-state index in [-0.39, 0.29) is 6.61 Å². The molecule has 0 radical (unpaired) electrons. The summed E-state index contributed by atoms with van der Waals surface area (Å²) in [6, 6.07) is 0. The minimum atomic E-state index is -4.50. The third kappa shape index (κ3) is 3.44. The topological polar surface area (TPSA) is 61.6 Å². The van der Waals surface area contributed by atoms with Gasteiger partial charge < -0.3 is 14.0 Å². The van der Waals surface area contributed by atoms with Crippen LogP contribution in [-0.2, 0) is 4.74 Å². The molecule has 0 amide bonds. The molecular formula is C8H8F3NO4. The summed E-state index contributed by atoms with van der Waals surface area (Å²) in [6.07, 6.45) is -3.69. The third-order valence-corrected chi connectivity index (χ3v) is 1.40. The highest BCUT2D eigenvalue weighted by Gasteiger charge is 2.30. The molecule has 0 unspecified atom stereocenters. The van der Waals surface area contributed by atoms with Crippen molar-refractivity contribution < 1.29 is 32.0 Å². The highest BCUT2D eigenvalue weighted by atomic mass is 19.4. The quantitative estimate of drug-likeness (QED) is 0.749. The second kappa shape index (κ2) is 4.86. The van der Waals surface area contributed by atoms with E-state index in [1.165, 1.54) is 0 Å². The average molecular weight is 239 g/mol. The van der Waals surface area contributed by atoms with Crippen molar-refractivity contribution in [3.05, 3.63) is 12.0 Å². The summed E-state index contributed by atoms with van der Waals surface area (Å²) >= 11 is 0. The van der Waals surface area contributed by atoms with E-state index in [0.29, 0.717) is 0 Å². The zero-order valence-corrected chi connectivity index (χ0v) is 8.21. The number of hydrogen-bond donors (Lipinski definition) is 0. The lowest BCUT2D eigenvalue weighted by Crippen LogP contribution is -2.20. The van der Waals surface area contributed by atoms with Crippen molar-refractivity contribution in [2.45, 2.75) is 13.1 Å². The molecule has 0 saturated carbocycles. The predicted octanol–water partition coefficient (Wildman–Crippen LogP) is 1.79. The van der Waals surface area contributed by atoms with Gasteiger partial charge in [-0.05, 0) is 6.92 Å². The van der Waals surface area contributed by atoms with Gasteiger partial charge in [0.1, 0.15) is 0 Å². The molecule has 1 heterocycles. The van der Waals surface area contributed by atoms with Gasteiger partial charge in [-0.25, -0.2) is 4.79 Å². The molecule has 0 atom stereocenters. The summed E-state index contributed by atoms with van der Waals surface area (Å²) < 4.78 is 48.7. The van der Waals surface area contributed by atoms with Crippen molar-refractivity contribution in [2.75, 3.05) is 13.2 Å². The smallest absolute Gasteiger partial charge is 0.422 e. The van der Waals surface area contributed by atoms with E-state index in [2.05, 4.69) is 19.2 Å². The molecule has 0 aliphatic rings. The van der Waals surface area contributed by atoms with Crippen molar-refractivity contribution in [3.8, 4) is 5.75 Å². The van der Waals surface area contributed by atoms with Crippen LogP contribution in [0.15, 0.2) is 10.8 Å². The van der Waals surface area contributed by atoms with Crippen LogP contribution in [0.5, 0.6) is 5.75 Å². The lowest BCUT2D eigenvalue weighted by Gasteiger charge is -2.07. The number of esters is 1. The summed E-state index contributed by atoms with van der Waals surface area (Å²) in [5, 5.41) is 3.19. The largest absolute Gasteiger partial charge is 0.478 e. The van der Waals surface area contributed by atoms with E-state index in [9.17, 15) is 18.0 Å². The van der Waals surface area contributed by atoms with Gasteiger partial charge in [0.25, 0.3) is 0 Å². The fraction of sp³-hybridized carbons (Fsp3) is 0.500. The number of hydrogen-bond acceptors (Lipinski definition) is 5. The number of carbonyl (C=O) groups excluding carboxylic acids is 1. The first kappa shape index (κ1) is 12.3. The Labute approximate surface area is 88.1 Å². The fourth-order valence-corrected chi connectivity index (χ4v) is 0.827. The Morgan fingerprint density at radius 3 is 2.81 bits per heavy atom. The number of nitrogens with zero attached hydrogens (tertiary/aromatic N) is 1. The van der Waals surface area contributed by atoms with E-state index in [1.807, 2.05) is 0 Å². The monoisotopic (exact) mass is 239 g/mol. The normalized spacial score (nSPS) is 11.2. The van der Waals surface area contributed by atoms with E-state index in [1.54, 1.807) is 6.92 Å². The van der Waals surface area contributed by atoms with Crippen LogP contribution in [0.4, 0.5) is 13.2 Å². The Morgan fingerprint density at radius 1 is 1.56 bits per heavy atom. The molecule has 1 aromatic heterocycles. The number of rotatable bonds is 4. The molecule has 0 bridgehead atoms. The predicted molar refractivity (Wildman–Crippen MR) is 44.0 cm³/mol. The van der Waals surface area contributed by atoms with E-state index < -0.39 is 30.2 Å². The van der Waals surface area contributed by atoms with Crippen LogP contribution < -0.4 is 4.74 Å². The average Bonchev–Trinajstić information content (AvgIpc) is 2.61. The number of aromatic nitrogens is 1. The van der Waals surface area contributed by atoms with Crippen molar-refractivity contribution in [1.29, 1.82) is 0 Å². The molecule has 0 saturated heterocycles. The summed E-state index contributed by atoms with van der Waals surface area (Å²) in [5.41, 5.74) is -0.411. The summed E-state index contributed by atoms with van der Waals surface area (Å²) in [4.78, 5) is 11.1. The van der Waals surface area contributed by atoms with Crippen LogP contribution in [0.1, 0.15) is 17.4 Å². The first-order chi connectivity index (χ1) is 7.44. The fourth-order valence-electron chi connectivity index (χ4n) is 0.827. The molecule has 8 heteroatoms. The molecule has 0 N–H and O–H groups in total. The Kier molecular flexibility index (Phi) is 3.75. The minimum Gasteiger partial charge on any atom is -0.478 e. The van der Waals surface area contributed by atoms with Crippen LogP contribution in [0.3, 0.4) is 0 Å². The molecular weight excluding hydrogens is 231 g/mol. The van der Waals surface area contributed by atoms with Crippen LogP contribution in [0.25, 0.3) is 0 Å². The zero-order chi connectivity index (χ0) is 12.2. The highest BCUT2D eigenvalue weighted by molar-refractivity contribution is 5.89. The molecule has 16 heavy (non-hydrogen) atoms. The molecule has 1 aromatic rings. The summed E-state index contributed by atoms with van der Waals surface area (Å²) in [5.74, 6) is -1.29. The third-order valence-electron chi connectivity index (χ3n) is 1.40. The number of carbonyl (C=O) groups is 1. The first-order valence-electron chi connectivity index (χ1n) is 4.25. The van der Waals surface area contributed by atoms with Gasteiger partial charge in [0.05, 0.1) is 6.61 Å². The van der Waals surface area contributed by atoms with Gasteiger partial charge in [-0.2, -0.15) is 13.2 Å². The van der Waals surface area contributed by atoms with E-state index in [4.69, 9.17) is 0 Å². The van der Waals surface area contributed by atoms with Gasteiger partial charge in [-0.3, -0.25) is 0 Å². The second-order valence-electron chi connectivity index (χ2n) is 2.65. The number of halogens is 3. The summed E-state index contributed by atoms with van der Waals surface area (Å²) in [7, 11) is 0. The number of alkyl halides is 3. The van der Waals surface area contributed by atoms with Crippen molar-refractivity contribution in [2.24, 2.45) is 0 Å². The van der Waals surface area contributed by atoms with Crippen molar-refractivity contribution >= 4 is 5.97 Å². The van der Waals surface area contributed by atoms with Crippen molar-refractivity contribution in [3.63, 3.8) is 0 Å². The Hall–Kier alpha value is -1.73.